The molecule has 6 aromatic rings. The second-order valence-electron chi connectivity index (χ2n) is 14.6. The first-order valence-corrected chi connectivity index (χ1v) is 19.9. The lowest BCUT2D eigenvalue weighted by molar-refractivity contribution is -0.142. The van der Waals surface area contributed by atoms with Crippen LogP contribution in [0.3, 0.4) is 0 Å². The number of pyridine rings is 1. The van der Waals surface area contributed by atoms with E-state index in [4.69, 9.17) is 37.9 Å². The van der Waals surface area contributed by atoms with Gasteiger partial charge < -0.3 is 30.1 Å². The molecule has 2 aliphatic rings. The van der Waals surface area contributed by atoms with E-state index in [1.807, 2.05) is 30.3 Å². The van der Waals surface area contributed by atoms with Crippen LogP contribution in [0.4, 0.5) is 5.69 Å². The van der Waals surface area contributed by atoms with Crippen molar-refractivity contribution in [3.8, 4) is 28.7 Å². The quantitative estimate of drug-likeness (QED) is 0.117. The number of nitriles is 1. The van der Waals surface area contributed by atoms with E-state index in [1.165, 1.54) is 11.1 Å². The number of aromatic nitrogens is 1. The van der Waals surface area contributed by atoms with Gasteiger partial charge >= 0.3 is 5.97 Å². The van der Waals surface area contributed by atoms with Crippen molar-refractivity contribution in [2.75, 3.05) is 5.32 Å². The van der Waals surface area contributed by atoms with Gasteiger partial charge in [0.05, 0.1) is 27.4 Å². The van der Waals surface area contributed by atoms with Crippen LogP contribution in [-0.4, -0.2) is 50.8 Å². The molecule has 5 aromatic carbocycles. The first kappa shape index (κ1) is 40.6. The summed E-state index contributed by atoms with van der Waals surface area (Å²) < 4.78 is 12.2. The largest absolute Gasteiger partial charge is 0.489 e. The van der Waals surface area contributed by atoms with Crippen molar-refractivity contribution in [2.45, 2.75) is 44.2 Å². The van der Waals surface area contributed by atoms with E-state index in [-0.39, 0.29) is 31.7 Å². The van der Waals surface area contributed by atoms with Crippen LogP contribution in [0.25, 0.3) is 11.1 Å². The van der Waals surface area contributed by atoms with Gasteiger partial charge in [-0.15, -0.1) is 0 Å². The molecule has 3 atom stereocenters. The number of benzene rings is 5. The van der Waals surface area contributed by atoms with Crippen LogP contribution in [0.5, 0.6) is 11.5 Å². The Labute approximate surface area is 360 Å². The number of carbonyl (C=O) groups excluding carboxylic acids is 3. The standard InChI is InChI=1S/C47H35Cl2N5O7/c48-36-17-8-29(19-37(36)49)26-60-35-15-13-32(14-16-35)43-45(56)52-39-21-33-22-41(54(25-34(33)23-42(39)61-43)46(57)38-3-1-2-18-51-38)44(55)53-40(47(58)59)20-27-4-9-30(10-5-27)31-11-6-28(24-50)7-12-31/h1-19,21,23,40-41,43H,20,22,25-26H2,(H,52,56)(H,53,55)(H,58,59)/t40?,41-,43-/m0/s1. The summed E-state index contributed by atoms with van der Waals surface area (Å²) in [6.07, 6.45) is 0.512. The Bertz CT molecular complexity index is 2690. The van der Waals surface area contributed by atoms with E-state index >= 15 is 0 Å². The molecule has 1 unspecified atom stereocenters. The maximum Gasteiger partial charge on any atom is 0.326 e. The van der Waals surface area contributed by atoms with Crippen molar-refractivity contribution in [1.29, 1.82) is 5.26 Å². The lowest BCUT2D eigenvalue weighted by atomic mass is 9.91. The molecule has 0 radical (unpaired) electrons. The first-order valence-electron chi connectivity index (χ1n) is 19.2. The Morgan fingerprint density at radius 3 is 2.30 bits per heavy atom. The van der Waals surface area contributed by atoms with Gasteiger partial charge in [0, 0.05) is 31.1 Å². The van der Waals surface area contributed by atoms with Gasteiger partial charge in [-0.2, -0.15) is 5.26 Å². The number of hydrogen-bond donors (Lipinski definition) is 3. The minimum atomic E-state index is -1.31. The van der Waals surface area contributed by atoms with Gasteiger partial charge in [-0.3, -0.25) is 19.4 Å². The minimum Gasteiger partial charge on any atom is -0.489 e. The Kier molecular flexibility index (Phi) is 11.7. The number of carboxylic acid groups (broad SMARTS) is 1. The number of rotatable bonds is 11. The van der Waals surface area contributed by atoms with Crippen molar-refractivity contribution in [2.24, 2.45) is 0 Å². The predicted octanol–water partition coefficient (Wildman–Crippen LogP) is 7.96. The number of nitrogens with zero attached hydrogens (tertiary/aromatic N) is 3. The van der Waals surface area contributed by atoms with Gasteiger partial charge in [-0.1, -0.05) is 83.9 Å². The number of amides is 3. The molecule has 0 saturated heterocycles. The number of aliphatic carboxylic acids is 1. The molecule has 1 aromatic heterocycles. The zero-order chi connectivity index (χ0) is 42.6. The third-order valence-corrected chi connectivity index (χ3v) is 11.3. The second-order valence-corrected chi connectivity index (χ2v) is 15.4. The molecule has 61 heavy (non-hydrogen) atoms. The molecule has 0 saturated carbocycles. The number of carboxylic acids is 1. The Hall–Kier alpha value is -7.20. The highest BCUT2D eigenvalue weighted by Crippen LogP contribution is 2.40. The van der Waals surface area contributed by atoms with E-state index in [1.54, 1.807) is 91.0 Å². The van der Waals surface area contributed by atoms with Crippen LogP contribution < -0.4 is 20.1 Å². The van der Waals surface area contributed by atoms with E-state index < -0.39 is 41.9 Å². The minimum absolute atomic E-state index is 0.0151. The first-order chi connectivity index (χ1) is 29.5. The van der Waals surface area contributed by atoms with Crippen molar-refractivity contribution < 1.29 is 33.8 Å². The molecule has 0 bridgehead atoms. The van der Waals surface area contributed by atoms with E-state index in [2.05, 4.69) is 21.7 Å². The van der Waals surface area contributed by atoms with E-state index in [0.717, 1.165) is 16.7 Å². The van der Waals surface area contributed by atoms with Crippen LogP contribution in [0.15, 0.2) is 128 Å². The summed E-state index contributed by atoms with van der Waals surface area (Å²) in [4.78, 5) is 59.7. The molecule has 304 valence electrons. The van der Waals surface area contributed by atoms with Gasteiger partial charge in [0.2, 0.25) is 12.0 Å². The topological polar surface area (TPSA) is 171 Å². The van der Waals surface area contributed by atoms with Gasteiger partial charge in [0.15, 0.2) is 0 Å². The Morgan fingerprint density at radius 2 is 1.62 bits per heavy atom. The molecular weight excluding hydrogens is 817 g/mol. The summed E-state index contributed by atoms with van der Waals surface area (Å²) in [5.74, 6) is -1.85. The maximum atomic E-state index is 14.1. The summed E-state index contributed by atoms with van der Waals surface area (Å²) in [7, 11) is 0. The van der Waals surface area contributed by atoms with Crippen molar-refractivity contribution >= 4 is 52.6 Å². The summed E-state index contributed by atoms with van der Waals surface area (Å²) >= 11 is 12.1. The molecule has 3 N–H and O–H groups in total. The van der Waals surface area contributed by atoms with Crippen LogP contribution in [0.2, 0.25) is 10.0 Å². The highest BCUT2D eigenvalue weighted by atomic mass is 35.5. The van der Waals surface area contributed by atoms with Gasteiger partial charge in [-0.25, -0.2) is 4.79 Å². The highest BCUT2D eigenvalue weighted by molar-refractivity contribution is 6.42. The summed E-state index contributed by atoms with van der Waals surface area (Å²) in [5, 5.41) is 25.8. The molecule has 0 fully saturated rings. The summed E-state index contributed by atoms with van der Waals surface area (Å²) in [6, 6.07) is 34.7. The molecule has 0 spiro atoms. The number of fused-ring (bicyclic) bond motifs is 2. The predicted molar refractivity (Wildman–Crippen MR) is 227 cm³/mol. The molecule has 3 heterocycles. The fourth-order valence-corrected chi connectivity index (χ4v) is 7.62. The average Bonchev–Trinajstić information content (AvgIpc) is 3.28. The average molecular weight is 853 g/mol. The summed E-state index contributed by atoms with van der Waals surface area (Å²) in [6.45, 7) is 0.242. The van der Waals surface area contributed by atoms with E-state index in [9.17, 15) is 24.3 Å². The fraction of sp³-hybridized carbons (Fsp3) is 0.149. The number of nitrogens with one attached hydrogen (secondary N) is 2. The monoisotopic (exact) mass is 851 g/mol. The van der Waals surface area contributed by atoms with Crippen molar-refractivity contribution in [3.63, 3.8) is 0 Å². The zero-order valence-corrected chi connectivity index (χ0v) is 33.7. The smallest absolute Gasteiger partial charge is 0.326 e. The SMILES string of the molecule is N#Cc1ccc(-c2ccc(CC(NC(=O)[C@@H]3Cc4cc5c(cc4CN3C(=O)c3ccccn3)O[C@@H](c3ccc(OCc4ccc(Cl)c(Cl)c4)cc3)C(=O)N5)C(=O)O)cc2)cc1. The molecular formula is C47H35Cl2N5O7. The van der Waals surface area contributed by atoms with Gasteiger partial charge in [0.1, 0.15) is 35.9 Å². The number of carbonyl (C=O) groups is 4. The number of halogens is 2. The van der Waals surface area contributed by atoms with Gasteiger partial charge in [0.25, 0.3) is 11.8 Å². The number of hydrogen-bond acceptors (Lipinski definition) is 8. The third kappa shape index (κ3) is 9.04. The Balaban J connectivity index is 0.991. The Morgan fingerprint density at radius 1 is 0.902 bits per heavy atom. The van der Waals surface area contributed by atoms with E-state index in [0.29, 0.717) is 55.0 Å². The molecule has 2 aliphatic heterocycles. The molecule has 8 rings (SSSR count). The van der Waals surface area contributed by atoms with Crippen LogP contribution in [0, 0.1) is 11.3 Å². The second kappa shape index (κ2) is 17.6. The zero-order valence-electron chi connectivity index (χ0n) is 32.2. The molecule has 12 nitrogen and oxygen atoms in total. The summed E-state index contributed by atoms with van der Waals surface area (Å²) in [5.41, 5.74) is 6.29. The van der Waals surface area contributed by atoms with Gasteiger partial charge in [-0.05, 0) is 94.0 Å². The normalized spacial score (nSPS) is 15.8. The van der Waals surface area contributed by atoms with Crippen molar-refractivity contribution in [1.82, 2.24) is 15.2 Å². The number of anilines is 1. The highest BCUT2D eigenvalue weighted by Gasteiger charge is 2.39. The fourth-order valence-electron chi connectivity index (χ4n) is 7.30. The lowest BCUT2D eigenvalue weighted by Crippen LogP contribution is -2.56. The number of ether oxygens (including phenoxy) is 2. The molecule has 0 aliphatic carbocycles. The van der Waals surface area contributed by atoms with Crippen molar-refractivity contribution in [3.05, 3.63) is 177 Å². The maximum absolute atomic E-state index is 14.1. The molecule has 3 amide bonds. The third-order valence-electron chi connectivity index (χ3n) is 10.5. The lowest BCUT2D eigenvalue weighted by Gasteiger charge is -2.37. The molecule has 14 heteroatoms. The van der Waals surface area contributed by atoms with Crippen LogP contribution in [-0.2, 0) is 40.4 Å². The van der Waals surface area contributed by atoms with Crippen LogP contribution >= 0.6 is 23.2 Å². The van der Waals surface area contributed by atoms with Crippen LogP contribution in [0.1, 0.15) is 50.0 Å².